The predicted octanol–water partition coefficient (Wildman–Crippen LogP) is 5.17. The molecule has 0 aliphatic rings. The Hall–Kier alpha value is -7.02. The number of amides is 6. The summed E-state index contributed by atoms with van der Waals surface area (Å²) in [5.41, 5.74) is 6.96. The summed E-state index contributed by atoms with van der Waals surface area (Å²) >= 11 is 0. The van der Waals surface area contributed by atoms with E-state index in [4.69, 9.17) is 29.8 Å². The average molecular weight is 1340 g/mol. The number of benzene rings is 1. The predicted molar refractivity (Wildman–Crippen MR) is 347 cm³/mol. The molecule has 0 spiro atoms. The number of carboxylic acids is 2. The van der Waals surface area contributed by atoms with Crippen LogP contribution < -0.4 is 37.0 Å². The van der Waals surface area contributed by atoms with E-state index in [-0.39, 0.29) is 114 Å². The number of carbonyl (C=O) groups excluding carboxylic acids is 8. The fraction of sp³-hybridized carbons (Fsp3) is 0.730. The Morgan fingerprint density at radius 2 is 1.16 bits per heavy atom. The molecule has 1 heterocycles. The van der Waals surface area contributed by atoms with Crippen molar-refractivity contribution in [1.82, 2.24) is 46.6 Å². The number of primary amides is 1. The molecule has 1 aromatic carbocycles. The summed E-state index contributed by atoms with van der Waals surface area (Å²) < 4.78 is 47.8. The van der Waals surface area contributed by atoms with Crippen LogP contribution in [0.25, 0.3) is 0 Å². The molecule has 0 saturated heterocycles. The van der Waals surface area contributed by atoms with Crippen LogP contribution in [-0.2, 0) is 78.5 Å². The monoisotopic (exact) mass is 1340 g/mol. The van der Waals surface area contributed by atoms with Crippen molar-refractivity contribution >= 4 is 74.7 Å². The Balaban J connectivity index is 0.00000103. The zero-order valence-electron chi connectivity index (χ0n) is 55.1. The minimum atomic E-state index is -3.84. The van der Waals surface area contributed by atoms with Crippen LogP contribution in [0.2, 0.25) is 0 Å². The highest BCUT2D eigenvalue weighted by Crippen LogP contribution is 2.16. The van der Waals surface area contributed by atoms with Crippen molar-refractivity contribution in [3.05, 3.63) is 35.7 Å². The number of aromatic amines is 1. The van der Waals surface area contributed by atoms with Gasteiger partial charge in [0.2, 0.25) is 39.6 Å². The molecule has 0 saturated carbocycles. The number of tetrazole rings is 1. The van der Waals surface area contributed by atoms with Crippen molar-refractivity contribution in [1.29, 1.82) is 0 Å². The second-order valence-corrected chi connectivity index (χ2v) is 24.4. The first-order chi connectivity index (χ1) is 44.7. The van der Waals surface area contributed by atoms with Gasteiger partial charge in [-0.05, 0) is 88.5 Å². The Morgan fingerprint density at radius 1 is 0.559 bits per heavy atom. The first-order valence-corrected chi connectivity index (χ1v) is 34.7. The molecule has 1 unspecified atom stereocenters. The standard InChI is InChI=1S/C37H65N7O12S.C26H42N4O6/c1-2-31(37(51)52)39-34(47)21-20-29(36(49)50)27-30(45)28-56-25-24-55-23-22-38-33(46)19-16-26-57(53,54)42-35(48)18-15-13-11-9-7-5-3-4-6-8-10-12-14-17-32-40-43-44-41-32;1-3-14-28-21-12-10-20(11-13-21)26(34)29-15-6-5-9-23(25(27)33)30-24(32)19-36-18-17-35-16-7-8-22(31)4-2/h29,31H,2-28H2,1H3,(H,38,46)(H,39,47)(H,42,48)(H,49,50)(H,51,52)(H,40,41,43,44);10-13,23,28H,3-9,14-19H2,1-2H3,(H2,27,33)(H,29,34)(H,30,32)/t29-,31?;23-/m10/s1. The number of carboxylic acid groups (broad SMARTS) is 2. The molecule has 6 amide bonds. The zero-order valence-corrected chi connectivity index (χ0v) is 55.9. The van der Waals surface area contributed by atoms with E-state index in [1.807, 2.05) is 19.1 Å². The van der Waals surface area contributed by atoms with E-state index < -0.39 is 69.4 Å². The van der Waals surface area contributed by atoms with Crippen molar-refractivity contribution in [3.63, 3.8) is 0 Å². The van der Waals surface area contributed by atoms with Crippen molar-refractivity contribution in [3.8, 4) is 0 Å². The molecule has 1 aromatic heterocycles. The lowest BCUT2D eigenvalue weighted by atomic mass is 9.97. The second kappa shape index (κ2) is 54.4. The van der Waals surface area contributed by atoms with Crippen molar-refractivity contribution in [2.45, 2.75) is 213 Å². The number of H-pyrrole nitrogens is 1. The molecule has 0 aliphatic heterocycles. The smallest absolute Gasteiger partial charge is 0.326 e. The number of hydrogen-bond acceptors (Lipinski definition) is 20. The maximum Gasteiger partial charge on any atom is 0.326 e. The summed E-state index contributed by atoms with van der Waals surface area (Å²) in [5, 5.41) is 45.9. The molecule has 528 valence electrons. The number of carbonyl (C=O) groups is 10. The summed E-state index contributed by atoms with van der Waals surface area (Å²) in [6.45, 7) is 7.71. The Kier molecular flexibility index (Phi) is 49.1. The largest absolute Gasteiger partial charge is 0.481 e. The normalized spacial score (nSPS) is 12.1. The number of ketones is 2. The number of ether oxygens (including phenoxy) is 4. The molecule has 0 aliphatic carbocycles. The molecule has 93 heavy (non-hydrogen) atoms. The number of nitrogens with one attached hydrogen (secondary N) is 7. The third kappa shape index (κ3) is 47.5. The molecule has 0 bridgehead atoms. The van der Waals surface area contributed by atoms with Gasteiger partial charge in [0.05, 0.1) is 44.7 Å². The van der Waals surface area contributed by atoms with E-state index in [1.54, 1.807) is 19.1 Å². The van der Waals surface area contributed by atoms with Gasteiger partial charge in [-0.3, -0.25) is 47.9 Å². The summed E-state index contributed by atoms with van der Waals surface area (Å²) in [6, 6.07) is 5.43. The first-order valence-electron chi connectivity index (χ1n) is 33.0. The SMILES string of the molecule is CCC(NC(=O)CC[C@H](CC(=O)COCCOCCNC(=O)CCCS(=O)(=O)NC(=O)CCCCCCCCCCCCCCCc1nn[nH]n1)C(=O)O)C(=O)O.CCCNc1ccc(C(=O)NCCCC[C@H](NC(=O)COCCOCCCC(=O)CC)C(N)=O)cc1. The van der Waals surface area contributed by atoms with Crippen molar-refractivity contribution < 1.29 is 85.5 Å². The number of hydrogen-bond donors (Lipinski definition) is 10. The zero-order chi connectivity index (χ0) is 68.7. The number of sulfonamides is 1. The van der Waals surface area contributed by atoms with Gasteiger partial charge >= 0.3 is 11.9 Å². The molecule has 30 heteroatoms. The molecule has 0 fully saturated rings. The number of unbranched alkanes of at least 4 members (excludes halogenated alkanes) is 13. The van der Waals surface area contributed by atoms with Crippen LogP contribution in [-0.4, -0.2) is 189 Å². The maximum atomic E-state index is 12.3. The van der Waals surface area contributed by atoms with Gasteiger partial charge in [-0.1, -0.05) is 96.6 Å². The molecular weight excluding hydrogens is 1230 g/mol. The highest BCUT2D eigenvalue weighted by atomic mass is 32.2. The van der Waals surface area contributed by atoms with Gasteiger partial charge in [-0.2, -0.15) is 5.21 Å². The van der Waals surface area contributed by atoms with Gasteiger partial charge in [0, 0.05) is 82.4 Å². The van der Waals surface area contributed by atoms with E-state index in [2.05, 4.69) is 58.9 Å². The molecule has 0 radical (unpaired) electrons. The van der Waals surface area contributed by atoms with Crippen molar-refractivity contribution in [2.75, 3.05) is 83.6 Å². The number of nitrogens with two attached hydrogens (primary N) is 1. The quantitative estimate of drug-likeness (QED) is 0.0382. The molecule has 2 aromatic rings. The number of aliphatic carboxylic acids is 2. The molecule has 11 N–H and O–H groups in total. The number of aromatic nitrogens is 4. The Bertz CT molecular complexity index is 2550. The lowest BCUT2D eigenvalue weighted by Gasteiger charge is -2.15. The average Bonchev–Trinajstić information content (AvgIpc) is 2.93. The lowest BCUT2D eigenvalue weighted by Crippen LogP contribution is -2.45. The van der Waals surface area contributed by atoms with Gasteiger partial charge in [0.25, 0.3) is 5.91 Å². The summed E-state index contributed by atoms with van der Waals surface area (Å²) in [5.74, 6) is -6.15. The highest BCUT2D eigenvalue weighted by molar-refractivity contribution is 7.90. The molecule has 29 nitrogen and oxygen atoms in total. The molecule has 2 rings (SSSR count). The first kappa shape index (κ1) is 84.0. The fourth-order valence-corrected chi connectivity index (χ4v) is 10.1. The van der Waals surface area contributed by atoms with E-state index in [0.717, 1.165) is 63.0 Å². The fourth-order valence-electron chi connectivity index (χ4n) is 9.05. The van der Waals surface area contributed by atoms with Crippen molar-refractivity contribution in [2.24, 2.45) is 11.7 Å². The van der Waals surface area contributed by atoms with Crippen LogP contribution in [0.5, 0.6) is 0 Å². The molecular formula is C63H107N11O18S. The van der Waals surface area contributed by atoms with Crippen LogP contribution >= 0.6 is 0 Å². The third-order valence-electron chi connectivity index (χ3n) is 14.4. The van der Waals surface area contributed by atoms with E-state index in [0.29, 0.717) is 70.3 Å². The van der Waals surface area contributed by atoms with Crippen LogP contribution in [0.3, 0.4) is 0 Å². The Labute approximate surface area is 548 Å². The van der Waals surface area contributed by atoms with E-state index in [9.17, 15) is 61.5 Å². The number of rotatable bonds is 59. The van der Waals surface area contributed by atoms with Gasteiger partial charge in [-0.15, -0.1) is 10.2 Å². The third-order valence-corrected chi connectivity index (χ3v) is 15.8. The Morgan fingerprint density at radius 3 is 1.75 bits per heavy atom. The van der Waals surface area contributed by atoms with Crippen LogP contribution in [0.1, 0.15) is 210 Å². The summed E-state index contributed by atoms with van der Waals surface area (Å²) in [7, 11) is -3.84. The maximum absolute atomic E-state index is 12.3. The number of aryl methyl sites for hydroxylation is 1. The van der Waals surface area contributed by atoms with Gasteiger partial charge < -0.3 is 61.5 Å². The summed E-state index contributed by atoms with van der Waals surface area (Å²) in [4.78, 5) is 118. The minimum Gasteiger partial charge on any atom is -0.481 e. The van der Waals surface area contributed by atoms with Crippen LogP contribution in [0.15, 0.2) is 24.3 Å². The van der Waals surface area contributed by atoms with Crippen LogP contribution in [0, 0.1) is 5.92 Å². The number of anilines is 1. The van der Waals surface area contributed by atoms with Gasteiger partial charge in [0.1, 0.15) is 31.1 Å². The molecule has 3 atom stereocenters. The van der Waals surface area contributed by atoms with E-state index >= 15 is 0 Å². The number of nitrogens with zero attached hydrogens (tertiary/aromatic N) is 3. The van der Waals surface area contributed by atoms with E-state index in [1.165, 1.54) is 44.9 Å². The topological polar surface area (TPSA) is 435 Å². The highest BCUT2D eigenvalue weighted by Gasteiger charge is 2.25. The van der Waals surface area contributed by atoms with Crippen LogP contribution in [0.4, 0.5) is 5.69 Å². The van der Waals surface area contributed by atoms with Gasteiger partial charge in [-0.25, -0.2) is 13.2 Å². The number of Topliss-reactive ketones (excluding diaryl/α,β-unsaturated/α-hetero) is 2. The van der Waals surface area contributed by atoms with Gasteiger partial charge in [0.15, 0.2) is 11.6 Å². The second-order valence-electron chi connectivity index (χ2n) is 22.5. The minimum absolute atomic E-state index is 0.0326. The summed E-state index contributed by atoms with van der Waals surface area (Å²) in [6.07, 6.45) is 19.3. The lowest BCUT2D eigenvalue weighted by molar-refractivity contribution is -0.145.